The van der Waals surface area contributed by atoms with Gasteiger partial charge < -0.3 is 16.0 Å². The molecule has 1 saturated carbocycles. The Morgan fingerprint density at radius 2 is 1.81 bits per heavy atom. The molecule has 198 valence electrons. The molecule has 2 fully saturated rings. The lowest BCUT2D eigenvalue weighted by Crippen LogP contribution is -2.46. The molecule has 1 saturated heterocycles. The molecule has 5 rings (SSSR count). The molecule has 0 spiro atoms. The van der Waals surface area contributed by atoms with E-state index in [0.717, 1.165) is 69.9 Å². The van der Waals surface area contributed by atoms with Crippen molar-refractivity contribution in [3.8, 4) is 0 Å². The zero-order valence-electron chi connectivity index (χ0n) is 22.2. The molecular weight excluding hydrogens is 460 g/mol. The number of hydrogen-bond donors (Lipinski definition) is 2. The number of likely N-dealkylation sites (N-methyl/N-ethyl adjacent to an activating group) is 1. The Bertz CT molecular complexity index is 1080. The first-order valence-corrected chi connectivity index (χ1v) is 14.4. The van der Waals surface area contributed by atoms with Crippen molar-refractivity contribution in [2.24, 2.45) is 17.6 Å². The maximum atomic E-state index is 14.2. The number of carbonyl (C=O) groups excluding carboxylic acids is 2. The number of fused-ring (bicyclic) bond motifs is 1. The highest BCUT2D eigenvalue weighted by Gasteiger charge is 2.40. The van der Waals surface area contributed by atoms with Gasteiger partial charge in [-0.25, -0.2) is 0 Å². The van der Waals surface area contributed by atoms with E-state index >= 15 is 0 Å². The number of nitrogens with one attached hydrogen (secondary N) is 1. The summed E-state index contributed by atoms with van der Waals surface area (Å²) >= 11 is 0. The van der Waals surface area contributed by atoms with Gasteiger partial charge in [-0.2, -0.15) is 0 Å². The van der Waals surface area contributed by atoms with Gasteiger partial charge in [-0.15, -0.1) is 0 Å². The molecular formula is C31H42N4O2. The third-order valence-electron chi connectivity index (χ3n) is 9.15. The van der Waals surface area contributed by atoms with Crippen molar-refractivity contribution < 1.29 is 9.59 Å². The van der Waals surface area contributed by atoms with E-state index in [1.807, 2.05) is 6.20 Å². The summed E-state index contributed by atoms with van der Waals surface area (Å²) in [6.45, 7) is 0.771. The van der Waals surface area contributed by atoms with Crippen LogP contribution in [0, 0.1) is 11.8 Å². The second-order valence-electron chi connectivity index (χ2n) is 11.3. The van der Waals surface area contributed by atoms with E-state index in [1.165, 1.54) is 23.2 Å². The fourth-order valence-electron chi connectivity index (χ4n) is 7.13. The Morgan fingerprint density at radius 3 is 2.54 bits per heavy atom. The maximum absolute atomic E-state index is 14.2. The minimum atomic E-state index is -0.478. The fourth-order valence-corrected chi connectivity index (χ4v) is 7.13. The second kappa shape index (κ2) is 11.8. The molecule has 6 nitrogen and oxygen atoms in total. The summed E-state index contributed by atoms with van der Waals surface area (Å²) in [7, 11) is 1.76. The van der Waals surface area contributed by atoms with E-state index < -0.39 is 6.04 Å². The molecule has 1 aromatic heterocycles. The third kappa shape index (κ3) is 5.59. The number of hydrogen-bond acceptors (Lipinski definition) is 4. The Balaban J connectivity index is 1.42. The van der Waals surface area contributed by atoms with Crippen molar-refractivity contribution >= 4 is 11.8 Å². The fraction of sp³-hybridized carbons (Fsp3) is 0.581. The van der Waals surface area contributed by atoms with Gasteiger partial charge in [0.1, 0.15) is 0 Å². The number of amides is 2. The van der Waals surface area contributed by atoms with Crippen molar-refractivity contribution in [2.75, 3.05) is 13.6 Å². The molecule has 0 radical (unpaired) electrons. The summed E-state index contributed by atoms with van der Waals surface area (Å²) in [6, 6.07) is 12.7. The van der Waals surface area contributed by atoms with Gasteiger partial charge in [0.15, 0.2) is 0 Å². The molecule has 3 aliphatic rings. The van der Waals surface area contributed by atoms with Gasteiger partial charge in [0.25, 0.3) is 0 Å². The van der Waals surface area contributed by atoms with Crippen LogP contribution in [0.3, 0.4) is 0 Å². The third-order valence-corrected chi connectivity index (χ3v) is 9.15. The molecule has 2 amide bonds. The van der Waals surface area contributed by atoms with E-state index in [4.69, 9.17) is 10.7 Å². The first-order chi connectivity index (χ1) is 18.1. The smallest absolute Gasteiger partial charge is 0.234 e. The van der Waals surface area contributed by atoms with Crippen LogP contribution in [0.25, 0.3) is 0 Å². The summed E-state index contributed by atoms with van der Waals surface area (Å²) < 4.78 is 0. The van der Waals surface area contributed by atoms with Crippen LogP contribution in [0.1, 0.15) is 98.6 Å². The highest BCUT2D eigenvalue weighted by molar-refractivity contribution is 5.83. The predicted molar refractivity (Wildman–Crippen MR) is 146 cm³/mol. The van der Waals surface area contributed by atoms with Gasteiger partial charge in [0.05, 0.1) is 12.1 Å². The molecule has 4 unspecified atom stereocenters. The minimum absolute atomic E-state index is 0.0522. The Hall–Kier alpha value is -2.73. The van der Waals surface area contributed by atoms with Crippen molar-refractivity contribution in [1.29, 1.82) is 0 Å². The largest absolute Gasteiger partial charge is 0.368 e. The highest BCUT2D eigenvalue weighted by atomic mass is 16.2. The van der Waals surface area contributed by atoms with Gasteiger partial charge in [-0.05, 0) is 87.1 Å². The minimum Gasteiger partial charge on any atom is -0.368 e. The number of likely N-dealkylation sites (tertiary alicyclic amines) is 1. The van der Waals surface area contributed by atoms with Crippen molar-refractivity contribution in [1.82, 2.24) is 15.2 Å². The lowest BCUT2D eigenvalue weighted by Gasteiger charge is -2.36. The number of benzene rings is 1. The molecule has 2 aromatic rings. The van der Waals surface area contributed by atoms with Crippen molar-refractivity contribution in [3.63, 3.8) is 0 Å². The number of pyridine rings is 1. The standard InChI is InChI=1S/C31H42N4O2/c1-33-28(30(32)36)19-25(22-12-6-3-7-13-22)31(37)35-17-9-16-29(35)23-18-26-24(21-10-4-2-5-11-21)14-8-15-27(26)34-20-23/h2,4-5,10-11,18,20,22,24-25,28-29,33H,3,6-9,12-17,19H2,1H3,(H2,32,36). The summed E-state index contributed by atoms with van der Waals surface area (Å²) in [5, 5.41) is 3.06. The normalized spacial score (nSPS) is 23.9. The van der Waals surface area contributed by atoms with Crippen molar-refractivity contribution in [2.45, 2.75) is 88.6 Å². The van der Waals surface area contributed by atoms with Gasteiger partial charge in [0.2, 0.25) is 11.8 Å². The van der Waals surface area contributed by atoms with Crippen LogP contribution in [0.15, 0.2) is 42.6 Å². The SMILES string of the molecule is CNC(CC(C(=O)N1CCCC1c1cnc2c(c1)C(c1ccccc1)CCC2)C1CCCCC1)C(N)=O. The number of nitrogens with zero attached hydrogens (tertiary/aromatic N) is 2. The van der Waals surface area contributed by atoms with Crippen LogP contribution >= 0.6 is 0 Å². The zero-order valence-corrected chi connectivity index (χ0v) is 22.2. The van der Waals surface area contributed by atoms with Gasteiger partial charge in [-0.1, -0.05) is 49.6 Å². The molecule has 4 atom stereocenters. The summed E-state index contributed by atoms with van der Waals surface area (Å²) in [6.07, 6.45) is 13.5. The number of nitrogens with two attached hydrogens (primary N) is 1. The number of aryl methyl sites for hydroxylation is 1. The van der Waals surface area contributed by atoms with Crippen LogP contribution < -0.4 is 11.1 Å². The molecule has 6 heteroatoms. The van der Waals surface area contributed by atoms with Crippen LogP contribution in [-0.2, 0) is 16.0 Å². The van der Waals surface area contributed by atoms with E-state index in [-0.39, 0.29) is 23.8 Å². The van der Waals surface area contributed by atoms with Crippen LogP contribution in [0.4, 0.5) is 0 Å². The monoisotopic (exact) mass is 502 g/mol. The molecule has 37 heavy (non-hydrogen) atoms. The highest BCUT2D eigenvalue weighted by Crippen LogP contribution is 2.41. The average Bonchev–Trinajstić information content (AvgIpc) is 3.44. The lowest BCUT2D eigenvalue weighted by molar-refractivity contribution is -0.139. The average molecular weight is 503 g/mol. The number of carbonyl (C=O) groups is 2. The molecule has 0 bridgehead atoms. The molecule has 3 N–H and O–H groups in total. The van der Waals surface area contributed by atoms with Crippen molar-refractivity contribution in [3.05, 3.63) is 65.0 Å². The molecule has 1 aromatic carbocycles. The van der Waals surface area contributed by atoms with E-state index in [1.54, 1.807) is 7.05 Å². The maximum Gasteiger partial charge on any atom is 0.234 e. The van der Waals surface area contributed by atoms with E-state index in [9.17, 15) is 9.59 Å². The lowest BCUT2D eigenvalue weighted by atomic mass is 9.76. The molecule has 2 aliphatic carbocycles. The Kier molecular flexibility index (Phi) is 8.23. The first kappa shape index (κ1) is 25.9. The Labute approximate surface area is 221 Å². The van der Waals surface area contributed by atoms with E-state index in [2.05, 4.69) is 46.6 Å². The second-order valence-corrected chi connectivity index (χ2v) is 11.3. The number of primary amides is 1. The zero-order chi connectivity index (χ0) is 25.8. The number of rotatable bonds is 8. The van der Waals surface area contributed by atoms with Gasteiger partial charge >= 0.3 is 0 Å². The summed E-state index contributed by atoms with van der Waals surface area (Å²) in [5.41, 5.74) is 10.7. The van der Waals surface area contributed by atoms with Crippen LogP contribution in [-0.4, -0.2) is 41.3 Å². The van der Waals surface area contributed by atoms with Gasteiger partial charge in [0, 0.05) is 30.3 Å². The summed E-state index contributed by atoms with van der Waals surface area (Å²) in [5.74, 6) is 0.341. The Morgan fingerprint density at radius 1 is 1.03 bits per heavy atom. The summed E-state index contributed by atoms with van der Waals surface area (Å²) in [4.78, 5) is 33.3. The van der Waals surface area contributed by atoms with E-state index in [0.29, 0.717) is 18.3 Å². The van der Waals surface area contributed by atoms with Crippen LogP contribution in [0.5, 0.6) is 0 Å². The number of aromatic nitrogens is 1. The molecule has 2 heterocycles. The molecule has 1 aliphatic heterocycles. The topological polar surface area (TPSA) is 88.3 Å². The quantitative estimate of drug-likeness (QED) is 0.539. The van der Waals surface area contributed by atoms with Crippen LogP contribution in [0.2, 0.25) is 0 Å². The first-order valence-electron chi connectivity index (χ1n) is 14.4. The van der Waals surface area contributed by atoms with Gasteiger partial charge in [-0.3, -0.25) is 14.6 Å². The predicted octanol–water partition coefficient (Wildman–Crippen LogP) is 4.87.